The lowest BCUT2D eigenvalue weighted by Crippen LogP contribution is -2.54. The minimum absolute atomic E-state index is 0.115. The zero-order valence-electron chi connectivity index (χ0n) is 16.6. The molecule has 25 heavy (non-hydrogen) atoms. The minimum atomic E-state index is -0.567. The topological polar surface area (TPSA) is 29.5 Å². The summed E-state index contributed by atoms with van der Waals surface area (Å²) in [6.45, 7) is 9.66. The Labute approximate surface area is 153 Å². The molecule has 4 aliphatic rings. The van der Waals surface area contributed by atoms with Crippen molar-refractivity contribution in [3.8, 4) is 0 Å². The standard InChI is InChI=1S/C23H36O2/c1-5-23(15-12-20(24)25-23)22(4)14-11-19-18(16(22)2)10-9-17-8-6-7-13-21(17,19)3/h9,11,16,18,20,24H,5-8,10,12-15H2,1-4H3. The first-order valence-corrected chi connectivity index (χ1v) is 10.6. The number of rotatable bonds is 2. The first kappa shape index (κ1) is 17.8. The number of aliphatic hydroxyl groups is 1. The van der Waals surface area contributed by atoms with E-state index in [-0.39, 0.29) is 11.0 Å². The molecule has 2 heteroatoms. The number of hydrogen-bond acceptors (Lipinski definition) is 2. The van der Waals surface area contributed by atoms with Gasteiger partial charge in [0.15, 0.2) is 6.29 Å². The molecule has 1 aliphatic heterocycles. The van der Waals surface area contributed by atoms with Crippen LogP contribution in [0.3, 0.4) is 0 Å². The molecular formula is C23H36O2. The van der Waals surface area contributed by atoms with Crippen LogP contribution in [0.2, 0.25) is 0 Å². The van der Waals surface area contributed by atoms with Gasteiger partial charge in [0.2, 0.25) is 0 Å². The first-order chi connectivity index (χ1) is 11.9. The number of aliphatic hydroxyl groups excluding tert-OH is 1. The Morgan fingerprint density at radius 3 is 2.68 bits per heavy atom. The van der Waals surface area contributed by atoms with E-state index < -0.39 is 6.29 Å². The maximum Gasteiger partial charge on any atom is 0.155 e. The Balaban J connectivity index is 1.71. The molecule has 0 spiro atoms. The van der Waals surface area contributed by atoms with E-state index in [2.05, 4.69) is 39.8 Å². The van der Waals surface area contributed by atoms with Crippen LogP contribution in [0.25, 0.3) is 0 Å². The third kappa shape index (κ3) is 2.36. The van der Waals surface area contributed by atoms with Crippen LogP contribution in [0, 0.1) is 22.7 Å². The van der Waals surface area contributed by atoms with E-state index >= 15 is 0 Å². The van der Waals surface area contributed by atoms with Crippen LogP contribution in [-0.4, -0.2) is 17.0 Å². The molecule has 6 unspecified atom stereocenters. The van der Waals surface area contributed by atoms with E-state index in [9.17, 15) is 5.11 Å². The molecular weight excluding hydrogens is 308 g/mol. The molecule has 0 amide bonds. The SMILES string of the molecule is CCC1(C2(C)CC=C3C(CC=C4CCCCC43C)C2C)CCC(O)O1. The van der Waals surface area contributed by atoms with Crippen LogP contribution in [0.15, 0.2) is 23.3 Å². The lowest BCUT2D eigenvalue weighted by atomic mass is 9.49. The smallest absolute Gasteiger partial charge is 0.155 e. The fourth-order valence-corrected chi connectivity index (χ4v) is 6.91. The summed E-state index contributed by atoms with van der Waals surface area (Å²) in [5, 5.41) is 10.1. The Bertz CT molecular complexity index is 605. The highest BCUT2D eigenvalue weighted by Gasteiger charge is 2.58. The summed E-state index contributed by atoms with van der Waals surface area (Å²) in [5.41, 5.74) is 3.73. The second kappa shape index (κ2) is 5.96. The number of allylic oxidation sites excluding steroid dienone is 4. The summed E-state index contributed by atoms with van der Waals surface area (Å²) >= 11 is 0. The maximum absolute atomic E-state index is 10.1. The van der Waals surface area contributed by atoms with Gasteiger partial charge in [-0.05, 0) is 56.8 Å². The summed E-state index contributed by atoms with van der Waals surface area (Å²) in [6.07, 6.45) is 15.1. The first-order valence-electron chi connectivity index (χ1n) is 10.6. The Morgan fingerprint density at radius 2 is 2.00 bits per heavy atom. The molecule has 4 rings (SSSR count). The van der Waals surface area contributed by atoms with Gasteiger partial charge in [-0.25, -0.2) is 0 Å². The summed E-state index contributed by atoms with van der Waals surface area (Å²) in [6, 6.07) is 0. The van der Waals surface area contributed by atoms with Gasteiger partial charge in [-0.15, -0.1) is 0 Å². The van der Waals surface area contributed by atoms with Crippen molar-refractivity contribution >= 4 is 0 Å². The Hall–Kier alpha value is -0.600. The third-order valence-electron chi connectivity index (χ3n) is 8.86. The van der Waals surface area contributed by atoms with Crippen molar-refractivity contribution in [3.63, 3.8) is 0 Å². The highest BCUT2D eigenvalue weighted by Crippen LogP contribution is 2.63. The average Bonchev–Trinajstić information content (AvgIpc) is 3.00. The largest absolute Gasteiger partial charge is 0.368 e. The molecule has 1 heterocycles. The fraction of sp³-hybridized carbons (Fsp3) is 0.826. The summed E-state index contributed by atoms with van der Waals surface area (Å²) in [7, 11) is 0. The lowest BCUT2D eigenvalue weighted by Gasteiger charge is -2.57. The van der Waals surface area contributed by atoms with Gasteiger partial charge >= 0.3 is 0 Å². The highest BCUT2D eigenvalue weighted by molar-refractivity contribution is 5.38. The molecule has 0 aromatic rings. The lowest BCUT2D eigenvalue weighted by molar-refractivity contribution is -0.201. The van der Waals surface area contributed by atoms with E-state index in [4.69, 9.17) is 4.74 Å². The van der Waals surface area contributed by atoms with Crippen molar-refractivity contribution in [2.45, 2.75) is 97.4 Å². The van der Waals surface area contributed by atoms with Crippen molar-refractivity contribution < 1.29 is 9.84 Å². The summed E-state index contributed by atoms with van der Waals surface area (Å²) in [4.78, 5) is 0. The van der Waals surface area contributed by atoms with Crippen LogP contribution in [0.1, 0.15) is 85.5 Å². The third-order valence-corrected chi connectivity index (χ3v) is 8.86. The van der Waals surface area contributed by atoms with Crippen LogP contribution in [0.4, 0.5) is 0 Å². The highest BCUT2D eigenvalue weighted by atomic mass is 16.6. The Kier molecular flexibility index (Phi) is 4.24. The monoisotopic (exact) mass is 344 g/mol. The quantitative estimate of drug-likeness (QED) is 0.645. The summed E-state index contributed by atoms with van der Waals surface area (Å²) < 4.78 is 6.23. The molecule has 2 nitrogen and oxygen atoms in total. The van der Waals surface area contributed by atoms with Crippen molar-refractivity contribution in [1.82, 2.24) is 0 Å². The van der Waals surface area contributed by atoms with Crippen molar-refractivity contribution in [2.75, 3.05) is 0 Å². The van der Waals surface area contributed by atoms with Gasteiger partial charge in [0.25, 0.3) is 0 Å². The van der Waals surface area contributed by atoms with Gasteiger partial charge in [0.1, 0.15) is 0 Å². The average molecular weight is 345 g/mol. The second-order valence-electron chi connectivity index (χ2n) is 9.64. The number of hydrogen-bond donors (Lipinski definition) is 1. The molecule has 1 saturated heterocycles. The van der Waals surface area contributed by atoms with Crippen LogP contribution < -0.4 is 0 Å². The molecule has 0 bridgehead atoms. The number of ether oxygens (including phenoxy) is 1. The molecule has 1 saturated carbocycles. The molecule has 0 aromatic heterocycles. The molecule has 6 atom stereocenters. The van der Waals surface area contributed by atoms with Crippen molar-refractivity contribution in [1.29, 1.82) is 0 Å². The van der Waals surface area contributed by atoms with E-state index in [1.807, 2.05) is 0 Å². The van der Waals surface area contributed by atoms with Gasteiger partial charge in [-0.2, -0.15) is 0 Å². The van der Waals surface area contributed by atoms with Crippen LogP contribution in [-0.2, 0) is 4.74 Å². The van der Waals surface area contributed by atoms with E-state index in [1.165, 1.54) is 32.1 Å². The zero-order chi connectivity index (χ0) is 17.9. The molecule has 3 aliphatic carbocycles. The second-order valence-corrected chi connectivity index (χ2v) is 9.64. The molecule has 1 N–H and O–H groups in total. The maximum atomic E-state index is 10.1. The predicted molar refractivity (Wildman–Crippen MR) is 102 cm³/mol. The van der Waals surface area contributed by atoms with Gasteiger partial charge in [0.05, 0.1) is 5.60 Å². The van der Waals surface area contributed by atoms with Gasteiger partial charge < -0.3 is 9.84 Å². The fourth-order valence-electron chi connectivity index (χ4n) is 6.91. The molecule has 0 radical (unpaired) electrons. The summed E-state index contributed by atoms with van der Waals surface area (Å²) in [5.74, 6) is 1.24. The van der Waals surface area contributed by atoms with Crippen LogP contribution in [0.5, 0.6) is 0 Å². The Morgan fingerprint density at radius 1 is 1.20 bits per heavy atom. The molecule has 2 fully saturated rings. The van der Waals surface area contributed by atoms with Crippen molar-refractivity contribution in [3.05, 3.63) is 23.3 Å². The van der Waals surface area contributed by atoms with Crippen molar-refractivity contribution in [2.24, 2.45) is 22.7 Å². The minimum Gasteiger partial charge on any atom is -0.368 e. The van der Waals surface area contributed by atoms with E-state index in [1.54, 1.807) is 11.1 Å². The normalized spacial score (nSPS) is 49.9. The van der Waals surface area contributed by atoms with E-state index in [0.29, 0.717) is 17.3 Å². The number of fused-ring (bicyclic) bond motifs is 3. The van der Waals surface area contributed by atoms with Crippen LogP contribution >= 0.6 is 0 Å². The molecule has 0 aromatic carbocycles. The van der Waals surface area contributed by atoms with Gasteiger partial charge in [0, 0.05) is 17.3 Å². The molecule has 140 valence electrons. The van der Waals surface area contributed by atoms with Gasteiger partial charge in [-0.3, -0.25) is 0 Å². The predicted octanol–water partition coefficient (Wildman–Crippen LogP) is 5.76. The zero-order valence-corrected chi connectivity index (χ0v) is 16.6. The van der Waals surface area contributed by atoms with Gasteiger partial charge in [-0.1, -0.05) is 57.4 Å². The van der Waals surface area contributed by atoms with E-state index in [0.717, 1.165) is 25.7 Å².